The lowest BCUT2D eigenvalue weighted by atomic mass is 9.85. The van der Waals surface area contributed by atoms with Crippen molar-refractivity contribution in [3.05, 3.63) is 35.9 Å². The van der Waals surface area contributed by atoms with Crippen molar-refractivity contribution >= 4 is 5.97 Å². The number of aliphatic carboxylic acids is 1. The number of carboxylic acid groups (broad SMARTS) is 1. The molecule has 0 radical (unpaired) electrons. The molecule has 3 nitrogen and oxygen atoms in total. The maximum Gasteiger partial charge on any atom is 0.303 e. The van der Waals surface area contributed by atoms with E-state index in [4.69, 9.17) is 5.11 Å². The summed E-state index contributed by atoms with van der Waals surface area (Å²) in [6, 6.07) is 12.2. The van der Waals surface area contributed by atoms with Crippen LogP contribution in [0.2, 0.25) is 0 Å². The van der Waals surface area contributed by atoms with Crippen molar-refractivity contribution in [2.24, 2.45) is 5.92 Å². The molecule has 2 fully saturated rings. The van der Waals surface area contributed by atoms with Gasteiger partial charge in [0, 0.05) is 18.5 Å². The molecule has 2 bridgehead atoms. The van der Waals surface area contributed by atoms with Crippen LogP contribution in [0.5, 0.6) is 0 Å². The number of piperidine rings is 1. The van der Waals surface area contributed by atoms with Gasteiger partial charge in [0.15, 0.2) is 0 Å². The molecule has 2 aliphatic heterocycles. The number of hydrogen-bond donors (Lipinski definition) is 1. The van der Waals surface area contributed by atoms with E-state index in [0.29, 0.717) is 18.5 Å². The fraction of sp³-hybridized carbons (Fsp3) is 0.611. The molecule has 2 saturated heterocycles. The van der Waals surface area contributed by atoms with Crippen molar-refractivity contribution < 1.29 is 9.90 Å². The van der Waals surface area contributed by atoms with Gasteiger partial charge in [0.2, 0.25) is 0 Å². The van der Waals surface area contributed by atoms with Gasteiger partial charge in [-0.05, 0) is 56.6 Å². The van der Waals surface area contributed by atoms with Crippen LogP contribution in [-0.4, -0.2) is 34.6 Å². The zero-order chi connectivity index (χ0) is 14.7. The molecule has 0 amide bonds. The van der Waals surface area contributed by atoms with Crippen LogP contribution >= 0.6 is 0 Å². The number of fused-ring (bicyclic) bond motifs is 2. The molecule has 2 aliphatic rings. The van der Waals surface area contributed by atoms with Crippen molar-refractivity contribution in [2.75, 3.05) is 6.54 Å². The Morgan fingerprint density at radius 1 is 1.14 bits per heavy atom. The Kier molecular flexibility index (Phi) is 4.59. The van der Waals surface area contributed by atoms with Crippen LogP contribution in [0, 0.1) is 5.92 Å². The molecular formula is C18H25NO2. The molecule has 0 aromatic heterocycles. The van der Waals surface area contributed by atoms with E-state index in [-0.39, 0.29) is 0 Å². The maximum absolute atomic E-state index is 10.7. The van der Waals surface area contributed by atoms with Crippen LogP contribution in [0.1, 0.15) is 44.1 Å². The van der Waals surface area contributed by atoms with E-state index in [0.717, 1.165) is 18.9 Å². The number of nitrogens with zero attached hydrogens (tertiary/aromatic N) is 1. The highest BCUT2D eigenvalue weighted by molar-refractivity contribution is 5.66. The third-order valence-electron chi connectivity index (χ3n) is 5.16. The molecule has 1 N–H and O–H groups in total. The van der Waals surface area contributed by atoms with E-state index in [1.807, 2.05) is 0 Å². The summed E-state index contributed by atoms with van der Waals surface area (Å²) in [4.78, 5) is 13.3. The van der Waals surface area contributed by atoms with Crippen molar-refractivity contribution in [3.8, 4) is 0 Å². The summed E-state index contributed by atoms with van der Waals surface area (Å²) in [7, 11) is 0. The second-order valence-electron chi connectivity index (χ2n) is 6.65. The molecule has 2 unspecified atom stereocenters. The van der Waals surface area contributed by atoms with Gasteiger partial charge in [-0.1, -0.05) is 30.3 Å². The molecule has 2 atom stereocenters. The number of carbonyl (C=O) groups is 1. The number of carboxylic acids is 1. The van der Waals surface area contributed by atoms with Crippen LogP contribution < -0.4 is 0 Å². The number of hydrogen-bond acceptors (Lipinski definition) is 2. The van der Waals surface area contributed by atoms with Gasteiger partial charge in [0.1, 0.15) is 0 Å². The predicted octanol–water partition coefficient (Wildman–Crippen LogP) is 3.34. The van der Waals surface area contributed by atoms with Gasteiger partial charge < -0.3 is 5.11 Å². The fourth-order valence-corrected chi connectivity index (χ4v) is 4.28. The SMILES string of the molecule is O=C(O)CCCN1C2CCC1CC(Cc1ccccc1)C2. The van der Waals surface area contributed by atoms with Crippen LogP contribution in [-0.2, 0) is 11.2 Å². The summed E-state index contributed by atoms with van der Waals surface area (Å²) in [5.41, 5.74) is 1.46. The van der Waals surface area contributed by atoms with Crippen molar-refractivity contribution in [1.29, 1.82) is 0 Å². The normalized spacial score (nSPS) is 28.7. The van der Waals surface area contributed by atoms with Gasteiger partial charge >= 0.3 is 5.97 Å². The van der Waals surface area contributed by atoms with Gasteiger partial charge in [0.25, 0.3) is 0 Å². The summed E-state index contributed by atoms with van der Waals surface area (Å²) in [5, 5.41) is 8.78. The highest BCUT2D eigenvalue weighted by atomic mass is 16.4. The van der Waals surface area contributed by atoms with E-state index >= 15 is 0 Å². The van der Waals surface area contributed by atoms with Gasteiger partial charge in [0.05, 0.1) is 0 Å². The Labute approximate surface area is 127 Å². The van der Waals surface area contributed by atoms with E-state index in [2.05, 4.69) is 35.2 Å². The summed E-state index contributed by atoms with van der Waals surface area (Å²) in [6.07, 6.45) is 7.51. The third-order valence-corrected chi connectivity index (χ3v) is 5.16. The second-order valence-corrected chi connectivity index (χ2v) is 6.65. The average molecular weight is 287 g/mol. The molecule has 1 aromatic rings. The van der Waals surface area contributed by atoms with Gasteiger partial charge in [-0.3, -0.25) is 9.69 Å². The Hall–Kier alpha value is -1.35. The molecule has 2 heterocycles. The molecule has 0 saturated carbocycles. The lowest BCUT2D eigenvalue weighted by Gasteiger charge is -2.39. The lowest BCUT2D eigenvalue weighted by Crippen LogP contribution is -2.43. The summed E-state index contributed by atoms with van der Waals surface area (Å²) < 4.78 is 0. The van der Waals surface area contributed by atoms with Crippen LogP contribution in [0.15, 0.2) is 30.3 Å². The average Bonchev–Trinajstić information content (AvgIpc) is 2.70. The summed E-state index contributed by atoms with van der Waals surface area (Å²) in [5.74, 6) is 0.141. The molecule has 0 aliphatic carbocycles. The third kappa shape index (κ3) is 3.65. The van der Waals surface area contributed by atoms with E-state index < -0.39 is 5.97 Å². The van der Waals surface area contributed by atoms with Crippen LogP contribution in [0.4, 0.5) is 0 Å². The molecule has 21 heavy (non-hydrogen) atoms. The predicted molar refractivity (Wildman–Crippen MR) is 83.3 cm³/mol. The van der Waals surface area contributed by atoms with Crippen LogP contribution in [0.3, 0.4) is 0 Å². The Morgan fingerprint density at radius 2 is 1.81 bits per heavy atom. The van der Waals surface area contributed by atoms with Crippen molar-refractivity contribution in [3.63, 3.8) is 0 Å². The first-order valence-electron chi connectivity index (χ1n) is 8.24. The quantitative estimate of drug-likeness (QED) is 0.872. The molecule has 3 rings (SSSR count). The first-order valence-corrected chi connectivity index (χ1v) is 8.24. The smallest absolute Gasteiger partial charge is 0.303 e. The molecule has 114 valence electrons. The zero-order valence-corrected chi connectivity index (χ0v) is 12.6. The minimum atomic E-state index is -0.665. The number of rotatable bonds is 6. The van der Waals surface area contributed by atoms with Gasteiger partial charge in [-0.2, -0.15) is 0 Å². The lowest BCUT2D eigenvalue weighted by molar-refractivity contribution is -0.137. The maximum atomic E-state index is 10.7. The van der Waals surface area contributed by atoms with E-state index in [1.54, 1.807) is 0 Å². The number of benzene rings is 1. The Morgan fingerprint density at radius 3 is 2.43 bits per heavy atom. The first kappa shape index (κ1) is 14.6. The Bertz CT molecular complexity index is 459. The van der Waals surface area contributed by atoms with Crippen LogP contribution in [0.25, 0.3) is 0 Å². The van der Waals surface area contributed by atoms with Gasteiger partial charge in [-0.15, -0.1) is 0 Å². The zero-order valence-electron chi connectivity index (χ0n) is 12.6. The highest BCUT2D eigenvalue weighted by Crippen LogP contribution is 2.39. The summed E-state index contributed by atoms with van der Waals surface area (Å²) >= 11 is 0. The molecule has 3 heteroatoms. The largest absolute Gasteiger partial charge is 0.481 e. The molecule has 1 aromatic carbocycles. The minimum Gasteiger partial charge on any atom is -0.481 e. The molecular weight excluding hydrogens is 262 g/mol. The van der Waals surface area contributed by atoms with E-state index in [1.165, 1.54) is 37.7 Å². The monoisotopic (exact) mass is 287 g/mol. The second kappa shape index (κ2) is 6.61. The topological polar surface area (TPSA) is 40.5 Å². The Balaban J connectivity index is 1.52. The summed E-state index contributed by atoms with van der Waals surface area (Å²) in [6.45, 7) is 0.972. The first-order chi connectivity index (χ1) is 10.2. The van der Waals surface area contributed by atoms with E-state index in [9.17, 15) is 4.79 Å². The fourth-order valence-electron chi connectivity index (χ4n) is 4.28. The highest BCUT2D eigenvalue weighted by Gasteiger charge is 2.39. The minimum absolute atomic E-state index is 0.309. The van der Waals surface area contributed by atoms with Gasteiger partial charge in [-0.25, -0.2) is 0 Å². The van der Waals surface area contributed by atoms with Crippen molar-refractivity contribution in [1.82, 2.24) is 4.90 Å². The molecule has 0 spiro atoms. The standard InChI is InChI=1S/C18H25NO2/c20-18(21)7-4-10-19-16-8-9-17(19)13-15(12-16)11-14-5-2-1-3-6-14/h1-3,5-6,15-17H,4,7-13H2,(H,20,21). The van der Waals surface area contributed by atoms with Crippen molar-refractivity contribution in [2.45, 2.75) is 57.0 Å².